The van der Waals surface area contributed by atoms with Crippen LogP contribution in [0.4, 0.5) is 5.69 Å². The van der Waals surface area contributed by atoms with Crippen LogP contribution in [0, 0.1) is 10.1 Å². The minimum atomic E-state index is -0.599. The predicted octanol–water partition coefficient (Wildman–Crippen LogP) is 1.86. The first-order chi connectivity index (χ1) is 7.09. The highest BCUT2D eigenvalue weighted by atomic mass is 79.9. The molecule has 6 nitrogen and oxygen atoms in total. The van der Waals surface area contributed by atoms with Crippen molar-refractivity contribution in [3.05, 3.63) is 43.3 Å². The van der Waals surface area contributed by atoms with Crippen LogP contribution in [0.3, 0.4) is 0 Å². The summed E-state index contributed by atoms with van der Waals surface area (Å²) in [5.41, 5.74) is -0.522. The van der Waals surface area contributed by atoms with E-state index in [1.165, 1.54) is 6.07 Å². The predicted molar refractivity (Wildman–Crippen MR) is 54.6 cm³/mol. The van der Waals surface area contributed by atoms with Crippen molar-refractivity contribution in [3.63, 3.8) is 0 Å². The van der Waals surface area contributed by atoms with Gasteiger partial charge in [0.05, 0.1) is 9.40 Å². The largest absolute Gasteiger partial charge is 0.439 e. The van der Waals surface area contributed by atoms with E-state index >= 15 is 0 Å². The van der Waals surface area contributed by atoms with E-state index in [-0.39, 0.29) is 21.3 Å². The number of hydrogen-bond acceptors (Lipinski definition) is 5. The molecule has 0 saturated carbocycles. The zero-order valence-corrected chi connectivity index (χ0v) is 8.72. The van der Waals surface area contributed by atoms with Crippen molar-refractivity contribution < 1.29 is 9.34 Å². The van der Waals surface area contributed by atoms with Crippen molar-refractivity contribution in [1.29, 1.82) is 0 Å². The average Bonchev–Trinajstić information content (AvgIpc) is 2.59. The van der Waals surface area contributed by atoms with Gasteiger partial charge in [0, 0.05) is 12.1 Å². The van der Waals surface area contributed by atoms with Gasteiger partial charge >= 0.3 is 0 Å². The Morgan fingerprint density at radius 1 is 1.47 bits per heavy atom. The quantitative estimate of drug-likeness (QED) is 0.583. The third kappa shape index (κ3) is 1.61. The van der Waals surface area contributed by atoms with Gasteiger partial charge in [-0.1, -0.05) is 0 Å². The Hall–Kier alpha value is -1.76. The Bertz CT molecular complexity index is 607. The van der Waals surface area contributed by atoms with Crippen LogP contribution in [0.2, 0.25) is 0 Å². The van der Waals surface area contributed by atoms with Crippen LogP contribution >= 0.6 is 15.9 Å². The maximum atomic E-state index is 11.6. The summed E-state index contributed by atoms with van der Waals surface area (Å²) in [6.45, 7) is 0. The molecule has 1 aromatic carbocycles. The second kappa shape index (κ2) is 3.43. The lowest BCUT2D eigenvalue weighted by atomic mass is 10.4. The Morgan fingerprint density at radius 3 is 2.87 bits per heavy atom. The van der Waals surface area contributed by atoms with E-state index in [2.05, 4.69) is 20.9 Å². The molecule has 2 aromatic rings. The van der Waals surface area contributed by atoms with Crippen molar-refractivity contribution in [2.45, 2.75) is 0 Å². The molecule has 76 valence electrons. The fourth-order valence-electron chi connectivity index (χ4n) is 1.12. The SMILES string of the molecule is O=c1c(Br)cc([N+](=O)[O-])cc2ncoc12. The van der Waals surface area contributed by atoms with Gasteiger partial charge in [0.2, 0.25) is 11.0 Å². The summed E-state index contributed by atoms with van der Waals surface area (Å²) in [7, 11) is 0. The summed E-state index contributed by atoms with van der Waals surface area (Å²) in [6.07, 6.45) is 1.07. The fourth-order valence-corrected chi connectivity index (χ4v) is 1.53. The van der Waals surface area contributed by atoms with Crippen molar-refractivity contribution in [2.75, 3.05) is 0 Å². The van der Waals surface area contributed by atoms with Gasteiger partial charge in [-0.3, -0.25) is 14.9 Å². The van der Waals surface area contributed by atoms with Crippen molar-refractivity contribution in [1.82, 2.24) is 4.98 Å². The molecule has 7 heteroatoms. The third-order valence-electron chi connectivity index (χ3n) is 1.79. The molecule has 0 atom stereocenters. The van der Waals surface area contributed by atoms with Crippen LogP contribution in [-0.2, 0) is 0 Å². The van der Waals surface area contributed by atoms with Crippen LogP contribution in [0.5, 0.6) is 0 Å². The fraction of sp³-hybridized carbons (Fsp3) is 0. The lowest BCUT2D eigenvalue weighted by Crippen LogP contribution is -1.96. The minimum absolute atomic E-state index is 0.00465. The van der Waals surface area contributed by atoms with Crippen LogP contribution in [-0.4, -0.2) is 9.91 Å². The number of aromatic nitrogens is 1. The summed E-state index contributed by atoms with van der Waals surface area (Å²) < 4.78 is 4.92. The van der Waals surface area contributed by atoms with E-state index in [0.29, 0.717) is 0 Å². The van der Waals surface area contributed by atoms with Crippen LogP contribution < -0.4 is 5.43 Å². The number of oxazole rings is 1. The normalized spacial score (nSPS) is 10.5. The second-order valence-electron chi connectivity index (χ2n) is 2.71. The molecular formula is C8H3BrN2O4. The number of rotatable bonds is 1. The number of fused-ring (bicyclic) bond motifs is 1. The maximum Gasteiger partial charge on any atom is 0.273 e. The Kier molecular flexibility index (Phi) is 2.24. The van der Waals surface area contributed by atoms with Crippen molar-refractivity contribution in [3.8, 4) is 0 Å². The van der Waals surface area contributed by atoms with E-state index in [1.807, 2.05) is 0 Å². The van der Waals surface area contributed by atoms with Gasteiger partial charge in [-0.05, 0) is 15.9 Å². The molecule has 1 aromatic heterocycles. The Labute approximate surface area is 90.8 Å². The highest BCUT2D eigenvalue weighted by Crippen LogP contribution is 2.19. The van der Waals surface area contributed by atoms with E-state index in [4.69, 9.17) is 4.42 Å². The Balaban J connectivity index is 2.98. The molecular weight excluding hydrogens is 268 g/mol. The van der Waals surface area contributed by atoms with Gasteiger partial charge in [0.15, 0.2) is 6.39 Å². The molecule has 0 saturated heterocycles. The Morgan fingerprint density at radius 2 is 2.20 bits per heavy atom. The smallest absolute Gasteiger partial charge is 0.273 e. The van der Waals surface area contributed by atoms with Gasteiger partial charge in [-0.25, -0.2) is 4.98 Å². The molecule has 0 N–H and O–H groups in total. The molecule has 0 radical (unpaired) electrons. The number of hydrogen-bond donors (Lipinski definition) is 0. The van der Waals surface area contributed by atoms with E-state index in [1.54, 1.807) is 0 Å². The molecule has 0 unspecified atom stereocenters. The molecule has 0 aliphatic carbocycles. The number of nitrogens with zero attached hydrogens (tertiary/aromatic N) is 2. The molecule has 0 aliphatic heterocycles. The highest BCUT2D eigenvalue weighted by Gasteiger charge is 2.12. The summed E-state index contributed by atoms with van der Waals surface area (Å²) in [6, 6.07) is 2.31. The topological polar surface area (TPSA) is 86.2 Å². The molecule has 0 bridgehead atoms. The zero-order valence-electron chi connectivity index (χ0n) is 7.14. The lowest BCUT2D eigenvalue weighted by Gasteiger charge is -1.83. The maximum absolute atomic E-state index is 11.6. The standard InChI is InChI=1S/C8H3BrN2O4/c9-5-1-4(11(13)14)2-6-8(7(5)12)15-3-10-6/h1-3H. The van der Waals surface area contributed by atoms with Crippen LogP contribution in [0.25, 0.3) is 11.1 Å². The summed E-state index contributed by atoms with van der Waals surface area (Å²) in [5, 5.41) is 10.6. The van der Waals surface area contributed by atoms with Gasteiger partial charge in [0.1, 0.15) is 5.52 Å². The zero-order chi connectivity index (χ0) is 11.0. The molecule has 0 amide bonds. The summed E-state index contributed by atoms with van der Waals surface area (Å²) in [4.78, 5) is 25.3. The van der Waals surface area contributed by atoms with Crippen LogP contribution in [0.15, 0.2) is 32.2 Å². The molecule has 15 heavy (non-hydrogen) atoms. The molecule has 0 spiro atoms. The van der Waals surface area contributed by atoms with Crippen molar-refractivity contribution in [2.24, 2.45) is 0 Å². The third-order valence-corrected chi connectivity index (χ3v) is 2.38. The van der Waals surface area contributed by atoms with E-state index < -0.39 is 10.4 Å². The first-order valence-electron chi connectivity index (χ1n) is 3.81. The van der Waals surface area contributed by atoms with Crippen LogP contribution in [0.1, 0.15) is 0 Å². The molecule has 0 fully saturated rings. The minimum Gasteiger partial charge on any atom is -0.439 e. The first kappa shape index (κ1) is 9.78. The lowest BCUT2D eigenvalue weighted by molar-refractivity contribution is -0.384. The van der Waals surface area contributed by atoms with Gasteiger partial charge in [-0.2, -0.15) is 0 Å². The molecule has 1 heterocycles. The number of nitro groups is 1. The monoisotopic (exact) mass is 270 g/mol. The van der Waals surface area contributed by atoms with Gasteiger partial charge in [-0.15, -0.1) is 0 Å². The van der Waals surface area contributed by atoms with E-state index in [0.717, 1.165) is 12.5 Å². The number of halogens is 1. The molecule has 0 aliphatic rings. The van der Waals surface area contributed by atoms with Gasteiger partial charge < -0.3 is 4.42 Å². The first-order valence-corrected chi connectivity index (χ1v) is 4.60. The van der Waals surface area contributed by atoms with Crippen molar-refractivity contribution >= 4 is 32.7 Å². The second-order valence-corrected chi connectivity index (χ2v) is 3.57. The van der Waals surface area contributed by atoms with E-state index in [9.17, 15) is 14.9 Å². The average molecular weight is 271 g/mol. The summed E-state index contributed by atoms with van der Waals surface area (Å²) in [5.74, 6) is 0. The van der Waals surface area contributed by atoms with Gasteiger partial charge in [0.25, 0.3) is 5.69 Å². The molecule has 2 rings (SSSR count). The summed E-state index contributed by atoms with van der Waals surface area (Å²) >= 11 is 2.95. The highest BCUT2D eigenvalue weighted by molar-refractivity contribution is 9.10.